The molecule has 0 unspecified atom stereocenters. The number of thiophene rings is 2. The molecule has 0 N–H and O–H groups in total. The first-order chi connectivity index (χ1) is 22.8. The Hall–Kier alpha value is -5.28. The minimum absolute atomic E-state index is 1.26. The largest absolute Gasteiger partial charge is 0.134 e. The van der Waals surface area contributed by atoms with E-state index in [9.17, 15) is 0 Å². The van der Waals surface area contributed by atoms with Gasteiger partial charge in [-0.25, -0.2) is 0 Å². The summed E-state index contributed by atoms with van der Waals surface area (Å²) in [6.45, 7) is 0. The molecule has 0 atom stereocenters. The van der Waals surface area contributed by atoms with Crippen LogP contribution in [-0.2, 0) is 0 Å². The average Bonchev–Trinajstić information content (AvgIpc) is 3.69. The van der Waals surface area contributed by atoms with Gasteiger partial charge in [0.25, 0.3) is 0 Å². The zero-order chi connectivity index (χ0) is 29.9. The molecule has 0 aliphatic carbocycles. The fraction of sp³-hybridized carbons (Fsp3) is 0. The van der Waals surface area contributed by atoms with E-state index in [1.165, 1.54) is 105 Å². The van der Waals surface area contributed by atoms with Gasteiger partial charge in [-0.1, -0.05) is 121 Å². The standard InChI is InChI=1S/C44H24S2/c1-2-10-26-21-27(18-17-25(26)9-1)28-19-20-35-36(22-28)31-13-4-7-15-33(31)42-38-24-39-37(23-40(38)46-44(35)42)41-32-14-6-3-11-29(32)30-12-5-8-16-34(30)43(41)45-39/h1-24H. The van der Waals surface area contributed by atoms with Crippen LogP contribution in [0.4, 0.5) is 0 Å². The first-order valence-corrected chi connectivity index (χ1v) is 17.4. The Morgan fingerprint density at radius 3 is 1.39 bits per heavy atom. The van der Waals surface area contributed by atoms with E-state index in [0.29, 0.717) is 0 Å². The molecule has 0 spiro atoms. The van der Waals surface area contributed by atoms with Crippen LogP contribution in [0.2, 0.25) is 0 Å². The molecular formula is C44H24S2. The molecular weight excluding hydrogens is 593 g/mol. The van der Waals surface area contributed by atoms with Crippen LogP contribution in [0, 0.1) is 0 Å². The zero-order valence-electron chi connectivity index (χ0n) is 24.7. The fourth-order valence-corrected chi connectivity index (χ4v) is 10.5. The highest BCUT2D eigenvalue weighted by Crippen LogP contribution is 2.49. The second-order valence-electron chi connectivity index (χ2n) is 12.4. The molecule has 0 nitrogen and oxygen atoms in total. The van der Waals surface area contributed by atoms with Gasteiger partial charge >= 0.3 is 0 Å². The Balaban J connectivity index is 1.23. The predicted octanol–water partition coefficient (Wildman–Crippen LogP) is 13.9. The molecule has 0 bridgehead atoms. The van der Waals surface area contributed by atoms with E-state index >= 15 is 0 Å². The zero-order valence-corrected chi connectivity index (χ0v) is 26.3. The quantitative estimate of drug-likeness (QED) is 0.161. The van der Waals surface area contributed by atoms with Gasteiger partial charge in [-0.15, -0.1) is 22.7 Å². The van der Waals surface area contributed by atoms with Crippen molar-refractivity contribution in [1.29, 1.82) is 0 Å². The second-order valence-corrected chi connectivity index (χ2v) is 14.5. The Bertz CT molecular complexity index is 3080. The van der Waals surface area contributed by atoms with Crippen molar-refractivity contribution >= 4 is 117 Å². The molecule has 0 amide bonds. The van der Waals surface area contributed by atoms with Crippen molar-refractivity contribution in [1.82, 2.24) is 0 Å². The number of hydrogen-bond acceptors (Lipinski definition) is 2. The van der Waals surface area contributed by atoms with Crippen molar-refractivity contribution in [3.8, 4) is 11.1 Å². The topological polar surface area (TPSA) is 0 Å². The molecule has 2 heterocycles. The van der Waals surface area contributed by atoms with E-state index in [-0.39, 0.29) is 0 Å². The van der Waals surface area contributed by atoms with E-state index in [4.69, 9.17) is 0 Å². The normalized spacial score (nSPS) is 12.3. The summed E-state index contributed by atoms with van der Waals surface area (Å²) in [5.41, 5.74) is 2.52. The molecule has 0 aliphatic heterocycles. The van der Waals surface area contributed by atoms with Crippen molar-refractivity contribution in [2.45, 2.75) is 0 Å². The number of hydrogen-bond donors (Lipinski definition) is 0. The van der Waals surface area contributed by atoms with Crippen molar-refractivity contribution < 1.29 is 0 Å². The highest BCUT2D eigenvalue weighted by atomic mass is 32.1. The maximum absolute atomic E-state index is 2.49. The van der Waals surface area contributed by atoms with Gasteiger partial charge in [0.2, 0.25) is 0 Å². The minimum atomic E-state index is 1.26. The molecule has 0 saturated carbocycles. The fourth-order valence-electron chi connectivity index (χ4n) is 7.90. The van der Waals surface area contributed by atoms with E-state index in [2.05, 4.69) is 146 Å². The van der Waals surface area contributed by atoms with Crippen LogP contribution in [0.15, 0.2) is 146 Å². The molecule has 11 aromatic rings. The SMILES string of the molecule is c1ccc2cc(-c3ccc4c(c3)c3ccccc3c3c5cc6sc7c8ccccc8c8ccccc8c7c6cc5sc43)ccc2c1. The first kappa shape index (κ1) is 25.0. The monoisotopic (exact) mass is 616 g/mol. The molecule has 2 aromatic heterocycles. The smallest absolute Gasteiger partial charge is 0.0440 e. The molecule has 0 radical (unpaired) electrons. The van der Waals surface area contributed by atoms with Crippen molar-refractivity contribution in [3.05, 3.63) is 146 Å². The lowest BCUT2D eigenvalue weighted by atomic mass is 9.93. The molecule has 2 heteroatoms. The van der Waals surface area contributed by atoms with Gasteiger partial charge in [-0.05, 0) is 78.5 Å². The Morgan fingerprint density at radius 2 is 0.739 bits per heavy atom. The average molecular weight is 617 g/mol. The summed E-state index contributed by atoms with van der Waals surface area (Å²) in [7, 11) is 0. The third-order valence-electron chi connectivity index (χ3n) is 9.99. The van der Waals surface area contributed by atoms with Crippen LogP contribution >= 0.6 is 22.7 Å². The van der Waals surface area contributed by atoms with E-state index in [1.807, 2.05) is 22.7 Å². The molecule has 212 valence electrons. The Labute approximate surface area is 272 Å². The van der Waals surface area contributed by atoms with E-state index in [0.717, 1.165) is 0 Å². The minimum Gasteiger partial charge on any atom is -0.134 e. The molecule has 9 aromatic carbocycles. The van der Waals surface area contributed by atoms with Crippen LogP contribution in [-0.4, -0.2) is 0 Å². The van der Waals surface area contributed by atoms with Crippen LogP contribution in [0.3, 0.4) is 0 Å². The maximum Gasteiger partial charge on any atom is 0.0440 e. The summed E-state index contributed by atoms with van der Waals surface area (Å²) in [5, 5.41) is 18.8. The predicted molar refractivity (Wildman–Crippen MR) is 205 cm³/mol. The van der Waals surface area contributed by atoms with Crippen LogP contribution in [0.5, 0.6) is 0 Å². The Morgan fingerprint density at radius 1 is 0.283 bits per heavy atom. The van der Waals surface area contributed by atoms with Gasteiger partial charge in [0.05, 0.1) is 0 Å². The third-order valence-corrected chi connectivity index (χ3v) is 12.4. The highest BCUT2D eigenvalue weighted by Gasteiger charge is 2.19. The summed E-state index contributed by atoms with van der Waals surface area (Å²) < 4.78 is 5.49. The van der Waals surface area contributed by atoms with Crippen LogP contribution < -0.4 is 0 Å². The second kappa shape index (κ2) is 9.14. The van der Waals surface area contributed by atoms with Crippen molar-refractivity contribution in [2.24, 2.45) is 0 Å². The first-order valence-electron chi connectivity index (χ1n) is 15.8. The van der Waals surface area contributed by atoms with Gasteiger partial charge in [0.1, 0.15) is 0 Å². The summed E-state index contributed by atoms with van der Waals surface area (Å²) in [6.07, 6.45) is 0. The summed E-state index contributed by atoms with van der Waals surface area (Å²) >= 11 is 3.90. The molecule has 0 saturated heterocycles. The van der Waals surface area contributed by atoms with Gasteiger partial charge in [0.15, 0.2) is 0 Å². The number of rotatable bonds is 1. The van der Waals surface area contributed by atoms with E-state index in [1.54, 1.807) is 0 Å². The van der Waals surface area contributed by atoms with Crippen LogP contribution in [0.1, 0.15) is 0 Å². The maximum atomic E-state index is 2.49. The van der Waals surface area contributed by atoms with Crippen molar-refractivity contribution in [2.75, 3.05) is 0 Å². The lowest BCUT2D eigenvalue weighted by Gasteiger charge is -2.10. The molecule has 0 aliphatic rings. The van der Waals surface area contributed by atoms with Gasteiger partial charge in [-0.3, -0.25) is 0 Å². The highest BCUT2D eigenvalue weighted by molar-refractivity contribution is 7.28. The van der Waals surface area contributed by atoms with Crippen molar-refractivity contribution in [3.63, 3.8) is 0 Å². The number of fused-ring (bicyclic) bond motifs is 17. The Kier molecular flexibility index (Phi) is 4.96. The summed E-state index contributed by atoms with van der Waals surface area (Å²) in [6, 6.07) is 54.3. The van der Waals surface area contributed by atoms with Gasteiger partial charge < -0.3 is 0 Å². The van der Waals surface area contributed by atoms with Gasteiger partial charge in [0, 0.05) is 51.1 Å². The third kappa shape index (κ3) is 3.32. The lowest BCUT2D eigenvalue weighted by molar-refractivity contribution is 1.69. The van der Waals surface area contributed by atoms with Crippen LogP contribution in [0.25, 0.3) is 105 Å². The number of benzene rings is 9. The summed E-state index contributed by atoms with van der Waals surface area (Å²) in [4.78, 5) is 0. The lowest BCUT2D eigenvalue weighted by Crippen LogP contribution is -1.83. The van der Waals surface area contributed by atoms with Gasteiger partial charge in [-0.2, -0.15) is 0 Å². The molecule has 0 fully saturated rings. The summed E-state index contributed by atoms with van der Waals surface area (Å²) in [5.74, 6) is 0. The molecule has 46 heavy (non-hydrogen) atoms. The van der Waals surface area contributed by atoms with E-state index < -0.39 is 0 Å². The molecule has 11 rings (SSSR count).